The molecule has 2 aromatic heterocycles. The molecule has 0 saturated heterocycles. The fourth-order valence-corrected chi connectivity index (χ4v) is 3.71. The molecule has 7 nitrogen and oxygen atoms in total. The number of aryl methyl sites for hydroxylation is 2. The third-order valence-corrected chi connectivity index (χ3v) is 5.21. The number of hydrogen-bond donors (Lipinski definition) is 1. The van der Waals surface area contributed by atoms with Crippen molar-refractivity contribution in [3.8, 4) is 11.5 Å². The van der Waals surface area contributed by atoms with E-state index in [1.165, 1.54) is 17.7 Å². The summed E-state index contributed by atoms with van der Waals surface area (Å²) in [5.41, 5.74) is 4.62. The Morgan fingerprint density at radius 3 is 2.79 bits per heavy atom. The Kier molecular flexibility index (Phi) is 5.14. The number of nitrogens with zero attached hydrogens (tertiary/aromatic N) is 3. The van der Waals surface area contributed by atoms with E-state index >= 15 is 0 Å². The summed E-state index contributed by atoms with van der Waals surface area (Å²) < 4.78 is 12.4. The van der Waals surface area contributed by atoms with E-state index in [-0.39, 0.29) is 5.91 Å². The second-order valence-electron chi connectivity index (χ2n) is 6.93. The number of ether oxygens (including phenoxy) is 2. The molecule has 0 fully saturated rings. The molecule has 1 N–H and O–H groups in total. The van der Waals surface area contributed by atoms with Gasteiger partial charge in [-0.05, 0) is 55.4 Å². The molecule has 0 unspecified atom stereocenters. The van der Waals surface area contributed by atoms with Gasteiger partial charge in [-0.15, -0.1) is 0 Å². The Hall–Kier alpha value is -3.09. The minimum atomic E-state index is -0.154. The first kappa shape index (κ1) is 18.3. The highest BCUT2D eigenvalue weighted by Gasteiger charge is 2.19. The summed E-state index contributed by atoms with van der Waals surface area (Å²) in [6.07, 6.45) is 8.55. The first-order valence-corrected chi connectivity index (χ1v) is 9.55. The van der Waals surface area contributed by atoms with Crippen molar-refractivity contribution >= 4 is 11.6 Å². The summed E-state index contributed by atoms with van der Waals surface area (Å²) in [5.74, 6) is 1.22. The topological polar surface area (TPSA) is 77.8 Å². The maximum absolute atomic E-state index is 12.7. The quantitative estimate of drug-likeness (QED) is 0.711. The zero-order valence-electron chi connectivity index (χ0n) is 16.2. The van der Waals surface area contributed by atoms with Crippen LogP contribution in [0.4, 0.5) is 0 Å². The number of rotatable bonds is 6. The molecule has 0 aliphatic heterocycles. The van der Waals surface area contributed by atoms with Crippen molar-refractivity contribution in [1.29, 1.82) is 0 Å². The number of carbonyl (C=O) groups is 1. The molecular weight excluding hydrogens is 356 g/mol. The maximum atomic E-state index is 12.7. The van der Waals surface area contributed by atoms with Crippen LogP contribution in [0.2, 0.25) is 0 Å². The highest BCUT2D eigenvalue weighted by molar-refractivity contribution is 5.99. The molecule has 0 atom stereocenters. The monoisotopic (exact) mass is 380 g/mol. The lowest BCUT2D eigenvalue weighted by Crippen LogP contribution is -2.25. The van der Waals surface area contributed by atoms with Gasteiger partial charge in [0.1, 0.15) is 5.56 Å². The zero-order chi connectivity index (χ0) is 19.5. The molecule has 7 heteroatoms. The lowest BCUT2D eigenvalue weighted by molar-refractivity contribution is 0.0955. The van der Waals surface area contributed by atoms with Gasteiger partial charge in [-0.25, -0.2) is 9.50 Å². The van der Waals surface area contributed by atoms with Gasteiger partial charge in [0, 0.05) is 18.4 Å². The van der Waals surface area contributed by atoms with Crippen LogP contribution in [0.1, 0.15) is 40.0 Å². The Labute approximate surface area is 163 Å². The van der Waals surface area contributed by atoms with E-state index in [0.717, 1.165) is 24.8 Å². The fourth-order valence-electron chi connectivity index (χ4n) is 3.71. The van der Waals surface area contributed by atoms with Crippen LogP contribution in [0.3, 0.4) is 0 Å². The molecule has 0 bridgehead atoms. The van der Waals surface area contributed by atoms with Gasteiger partial charge in [0.05, 0.1) is 20.4 Å². The Balaban J connectivity index is 1.44. The van der Waals surface area contributed by atoms with Crippen LogP contribution in [0.25, 0.3) is 5.65 Å². The lowest BCUT2D eigenvalue weighted by atomic mass is 9.97. The van der Waals surface area contributed by atoms with Crippen molar-refractivity contribution in [3.63, 3.8) is 0 Å². The van der Waals surface area contributed by atoms with Crippen molar-refractivity contribution in [2.45, 2.75) is 32.1 Å². The Bertz CT molecular complexity index is 1010. The largest absolute Gasteiger partial charge is 0.493 e. The van der Waals surface area contributed by atoms with Crippen molar-refractivity contribution in [3.05, 3.63) is 53.0 Å². The summed E-state index contributed by atoms with van der Waals surface area (Å²) in [7, 11) is 3.22. The van der Waals surface area contributed by atoms with Crippen molar-refractivity contribution in [2.75, 3.05) is 20.8 Å². The second-order valence-corrected chi connectivity index (χ2v) is 6.93. The number of benzene rings is 1. The normalized spacial score (nSPS) is 13.2. The van der Waals surface area contributed by atoms with Crippen LogP contribution in [-0.2, 0) is 19.3 Å². The predicted molar refractivity (Wildman–Crippen MR) is 105 cm³/mol. The standard InChI is InChI=1S/C21H24N4O3/c1-27-18-8-7-14(11-19(18)28-2)9-10-22-21(26)16-13-24-25-17-6-4-3-5-15(17)12-23-20(16)25/h7-8,11-13H,3-6,9-10H2,1-2H3,(H,22,26). The molecule has 1 aromatic carbocycles. The van der Waals surface area contributed by atoms with Crippen LogP contribution in [-0.4, -0.2) is 41.3 Å². The molecule has 4 rings (SSSR count). The smallest absolute Gasteiger partial charge is 0.256 e. The third-order valence-electron chi connectivity index (χ3n) is 5.21. The maximum Gasteiger partial charge on any atom is 0.256 e. The van der Waals surface area contributed by atoms with E-state index in [1.807, 2.05) is 28.9 Å². The first-order chi connectivity index (χ1) is 13.7. The predicted octanol–water partition coefficient (Wildman–Crippen LogP) is 2.60. The molecule has 1 aliphatic carbocycles. The average molecular weight is 380 g/mol. The van der Waals surface area contributed by atoms with E-state index in [9.17, 15) is 4.79 Å². The van der Waals surface area contributed by atoms with Gasteiger partial charge in [-0.1, -0.05) is 6.07 Å². The molecule has 3 aromatic rings. The number of amides is 1. The fraction of sp³-hybridized carbons (Fsp3) is 0.381. The van der Waals surface area contributed by atoms with Gasteiger partial charge >= 0.3 is 0 Å². The molecule has 2 heterocycles. The van der Waals surface area contributed by atoms with Gasteiger partial charge in [0.15, 0.2) is 17.1 Å². The van der Waals surface area contributed by atoms with E-state index < -0.39 is 0 Å². The highest BCUT2D eigenvalue weighted by atomic mass is 16.5. The third kappa shape index (κ3) is 3.40. The lowest BCUT2D eigenvalue weighted by Gasteiger charge is -2.15. The van der Waals surface area contributed by atoms with E-state index in [2.05, 4.69) is 15.4 Å². The molecule has 1 amide bonds. The number of fused-ring (bicyclic) bond motifs is 3. The van der Waals surface area contributed by atoms with Crippen LogP contribution in [0.15, 0.2) is 30.6 Å². The van der Waals surface area contributed by atoms with Crippen LogP contribution in [0.5, 0.6) is 11.5 Å². The molecule has 28 heavy (non-hydrogen) atoms. The van der Waals surface area contributed by atoms with Crippen molar-refractivity contribution in [2.24, 2.45) is 0 Å². The van der Waals surface area contributed by atoms with Crippen molar-refractivity contribution < 1.29 is 14.3 Å². The minimum absolute atomic E-state index is 0.154. The summed E-state index contributed by atoms with van der Waals surface area (Å²) in [6, 6.07) is 5.76. The minimum Gasteiger partial charge on any atom is -0.493 e. The van der Waals surface area contributed by atoms with Gasteiger partial charge < -0.3 is 14.8 Å². The summed E-state index contributed by atoms with van der Waals surface area (Å²) in [5, 5.41) is 7.39. The number of hydrogen-bond acceptors (Lipinski definition) is 5. The molecule has 0 spiro atoms. The molecule has 146 valence electrons. The Morgan fingerprint density at radius 1 is 1.14 bits per heavy atom. The summed E-state index contributed by atoms with van der Waals surface area (Å²) in [4.78, 5) is 17.1. The van der Waals surface area contributed by atoms with Gasteiger partial charge in [-0.2, -0.15) is 5.10 Å². The number of carbonyl (C=O) groups excluding carboxylic acids is 1. The number of methoxy groups -OCH3 is 2. The second kappa shape index (κ2) is 7.88. The first-order valence-electron chi connectivity index (χ1n) is 9.55. The van der Waals surface area contributed by atoms with E-state index in [4.69, 9.17) is 9.47 Å². The zero-order valence-corrected chi connectivity index (χ0v) is 16.2. The van der Waals surface area contributed by atoms with Gasteiger partial charge in [0.25, 0.3) is 5.91 Å². The molecular formula is C21H24N4O3. The summed E-state index contributed by atoms with van der Waals surface area (Å²) in [6.45, 7) is 0.511. The number of nitrogens with one attached hydrogen (secondary N) is 1. The molecule has 0 radical (unpaired) electrons. The Morgan fingerprint density at radius 2 is 1.96 bits per heavy atom. The SMILES string of the molecule is COc1ccc(CCNC(=O)c2cnn3c4c(cnc23)CCCC4)cc1OC. The highest BCUT2D eigenvalue weighted by Crippen LogP contribution is 2.27. The molecule has 0 saturated carbocycles. The van der Waals surface area contributed by atoms with Gasteiger partial charge in [0.2, 0.25) is 0 Å². The van der Waals surface area contributed by atoms with Crippen LogP contribution in [0, 0.1) is 0 Å². The molecule has 1 aliphatic rings. The number of aromatic nitrogens is 3. The van der Waals surface area contributed by atoms with Crippen molar-refractivity contribution in [1.82, 2.24) is 19.9 Å². The van der Waals surface area contributed by atoms with E-state index in [1.54, 1.807) is 20.4 Å². The summed E-state index contributed by atoms with van der Waals surface area (Å²) >= 11 is 0. The van der Waals surface area contributed by atoms with Crippen LogP contribution >= 0.6 is 0 Å². The van der Waals surface area contributed by atoms with Crippen LogP contribution < -0.4 is 14.8 Å². The van der Waals surface area contributed by atoms with Gasteiger partial charge in [-0.3, -0.25) is 4.79 Å². The van der Waals surface area contributed by atoms with E-state index in [0.29, 0.717) is 35.7 Å². The average Bonchev–Trinajstić information content (AvgIpc) is 3.18.